The van der Waals surface area contributed by atoms with E-state index in [-0.39, 0.29) is 12.4 Å². The van der Waals surface area contributed by atoms with Gasteiger partial charge in [-0.25, -0.2) is 4.98 Å². The third kappa shape index (κ3) is 3.80. The first kappa shape index (κ1) is 17.2. The Bertz CT molecular complexity index is 621. The SMILES string of the molecule is Cl.FC(F)(F)c1cccc(-c2csc(C3CCNCC3)n2)c1. The predicted molar refractivity (Wildman–Crippen MR) is 84.6 cm³/mol. The number of alkyl halides is 3. The number of rotatable bonds is 2. The number of hydrogen-bond acceptors (Lipinski definition) is 3. The van der Waals surface area contributed by atoms with E-state index < -0.39 is 11.7 Å². The van der Waals surface area contributed by atoms with E-state index in [0.717, 1.165) is 37.0 Å². The summed E-state index contributed by atoms with van der Waals surface area (Å²) in [5.74, 6) is 0.427. The second-order valence-corrected chi connectivity index (χ2v) is 6.06. The fourth-order valence-corrected chi connectivity index (χ4v) is 3.53. The van der Waals surface area contributed by atoms with E-state index in [1.807, 2.05) is 5.38 Å². The van der Waals surface area contributed by atoms with Gasteiger partial charge in [0.1, 0.15) is 0 Å². The molecule has 0 aliphatic carbocycles. The highest BCUT2D eigenvalue weighted by Gasteiger charge is 2.30. The maximum Gasteiger partial charge on any atom is 0.416 e. The van der Waals surface area contributed by atoms with Crippen LogP contribution in [-0.2, 0) is 6.18 Å². The van der Waals surface area contributed by atoms with Crippen LogP contribution in [0.2, 0.25) is 0 Å². The van der Waals surface area contributed by atoms with Crippen LogP contribution >= 0.6 is 23.7 Å². The molecular weight excluding hydrogens is 333 g/mol. The van der Waals surface area contributed by atoms with Crippen LogP contribution in [0.4, 0.5) is 13.2 Å². The Labute approximate surface area is 137 Å². The van der Waals surface area contributed by atoms with Crippen LogP contribution in [0.1, 0.15) is 29.3 Å². The molecule has 1 aliphatic rings. The maximum absolute atomic E-state index is 12.8. The lowest BCUT2D eigenvalue weighted by Gasteiger charge is -2.20. The molecule has 0 saturated carbocycles. The Morgan fingerprint density at radius 2 is 1.91 bits per heavy atom. The van der Waals surface area contributed by atoms with E-state index in [1.54, 1.807) is 17.4 Å². The smallest absolute Gasteiger partial charge is 0.317 e. The summed E-state index contributed by atoms with van der Waals surface area (Å²) in [5.41, 5.74) is 0.539. The predicted octanol–water partition coefficient (Wildman–Crippen LogP) is 4.72. The number of halogens is 4. The molecule has 3 rings (SSSR count). The minimum absolute atomic E-state index is 0. The largest absolute Gasteiger partial charge is 0.416 e. The number of benzene rings is 1. The molecule has 0 atom stereocenters. The molecule has 0 bridgehead atoms. The van der Waals surface area contributed by atoms with Crippen molar-refractivity contribution in [3.05, 3.63) is 40.2 Å². The lowest BCUT2D eigenvalue weighted by molar-refractivity contribution is -0.137. The molecule has 1 fully saturated rings. The van der Waals surface area contributed by atoms with Gasteiger partial charge in [0, 0.05) is 16.9 Å². The summed E-state index contributed by atoms with van der Waals surface area (Å²) in [6, 6.07) is 5.36. The van der Waals surface area contributed by atoms with E-state index >= 15 is 0 Å². The molecule has 7 heteroatoms. The number of nitrogens with one attached hydrogen (secondary N) is 1. The second kappa shape index (κ2) is 6.98. The van der Waals surface area contributed by atoms with Gasteiger partial charge in [0.2, 0.25) is 0 Å². The zero-order valence-electron chi connectivity index (χ0n) is 11.7. The molecular formula is C15H16ClF3N2S. The number of aromatic nitrogens is 1. The van der Waals surface area contributed by atoms with Crippen LogP contribution < -0.4 is 5.32 Å². The van der Waals surface area contributed by atoms with Crippen molar-refractivity contribution in [2.75, 3.05) is 13.1 Å². The third-order valence-electron chi connectivity index (χ3n) is 3.70. The van der Waals surface area contributed by atoms with Gasteiger partial charge in [0.05, 0.1) is 16.3 Å². The van der Waals surface area contributed by atoms with Gasteiger partial charge in [0.25, 0.3) is 0 Å². The molecule has 0 amide bonds. The van der Waals surface area contributed by atoms with Crippen molar-refractivity contribution >= 4 is 23.7 Å². The van der Waals surface area contributed by atoms with Crippen LogP contribution in [-0.4, -0.2) is 18.1 Å². The van der Waals surface area contributed by atoms with Crippen LogP contribution in [0.25, 0.3) is 11.3 Å². The van der Waals surface area contributed by atoms with E-state index in [2.05, 4.69) is 10.3 Å². The van der Waals surface area contributed by atoms with Crippen molar-refractivity contribution in [1.29, 1.82) is 0 Å². The first-order chi connectivity index (χ1) is 10.0. The molecule has 2 heterocycles. The Hall–Kier alpha value is -1.11. The Balaban J connectivity index is 0.00000176. The molecule has 0 spiro atoms. The first-order valence-electron chi connectivity index (χ1n) is 6.88. The lowest BCUT2D eigenvalue weighted by atomic mass is 9.99. The van der Waals surface area contributed by atoms with Gasteiger partial charge in [0.15, 0.2) is 0 Å². The average molecular weight is 349 g/mol. The van der Waals surface area contributed by atoms with Crippen LogP contribution in [0.3, 0.4) is 0 Å². The lowest BCUT2D eigenvalue weighted by Crippen LogP contribution is -2.26. The molecule has 1 N–H and O–H groups in total. The Morgan fingerprint density at radius 3 is 2.59 bits per heavy atom. The standard InChI is InChI=1S/C15H15F3N2S.ClH/c16-15(17,18)12-3-1-2-11(8-12)13-9-21-14(20-13)10-4-6-19-7-5-10;/h1-3,8-10,19H,4-7H2;1H. The van der Waals surface area contributed by atoms with Crippen molar-refractivity contribution in [3.63, 3.8) is 0 Å². The molecule has 1 aliphatic heterocycles. The van der Waals surface area contributed by atoms with Crippen molar-refractivity contribution in [2.45, 2.75) is 24.9 Å². The summed E-state index contributed by atoms with van der Waals surface area (Å²) in [5, 5.41) is 6.18. The fraction of sp³-hybridized carbons (Fsp3) is 0.400. The molecule has 120 valence electrons. The average Bonchev–Trinajstić information content (AvgIpc) is 2.97. The van der Waals surface area contributed by atoms with Gasteiger partial charge in [-0.1, -0.05) is 12.1 Å². The van der Waals surface area contributed by atoms with E-state index in [4.69, 9.17) is 0 Å². The zero-order chi connectivity index (χ0) is 14.9. The van der Waals surface area contributed by atoms with Crippen LogP contribution in [0.5, 0.6) is 0 Å². The minimum Gasteiger partial charge on any atom is -0.317 e. The number of thiazole rings is 1. The van der Waals surface area contributed by atoms with Gasteiger partial charge >= 0.3 is 6.18 Å². The summed E-state index contributed by atoms with van der Waals surface area (Å²) in [4.78, 5) is 4.55. The summed E-state index contributed by atoms with van der Waals surface area (Å²) >= 11 is 1.54. The van der Waals surface area contributed by atoms with Crippen molar-refractivity contribution in [3.8, 4) is 11.3 Å². The highest BCUT2D eigenvalue weighted by atomic mass is 35.5. The second-order valence-electron chi connectivity index (χ2n) is 5.17. The Kier molecular flexibility index (Phi) is 5.47. The van der Waals surface area contributed by atoms with Gasteiger partial charge in [-0.15, -0.1) is 23.7 Å². The normalized spacial score (nSPS) is 16.3. The molecule has 1 aromatic carbocycles. The molecule has 2 nitrogen and oxygen atoms in total. The van der Waals surface area contributed by atoms with Crippen LogP contribution in [0.15, 0.2) is 29.6 Å². The molecule has 0 unspecified atom stereocenters. The van der Waals surface area contributed by atoms with E-state index in [9.17, 15) is 13.2 Å². The monoisotopic (exact) mass is 348 g/mol. The molecule has 1 aromatic heterocycles. The summed E-state index contributed by atoms with van der Waals surface area (Å²) in [6.45, 7) is 1.95. The Morgan fingerprint density at radius 1 is 1.18 bits per heavy atom. The van der Waals surface area contributed by atoms with Gasteiger partial charge in [-0.3, -0.25) is 0 Å². The fourth-order valence-electron chi connectivity index (χ4n) is 2.53. The zero-order valence-corrected chi connectivity index (χ0v) is 13.3. The van der Waals surface area contributed by atoms with E-state index in [1.165, 1.54) is 12.1 Å². The number of piperidine rings is 1. The highest BCUT2D eigenvalue weighted by molar-refractivity contribution is 7.10. The summed E-state index contributed by atoms with van der Waals surface area (Å²) in [7, 11) is 0. The topological polar surface area (TPSA) is 24.9 Å². The van der Waals surface area contributed by atoms with Gasteiger partial charge in [-0.05, 0) is 38.1 Å². The quantitative estimate of drug-likeness (QED) is 0.849. The van der Waals surface area contributed by atoms with Crippen molar-refractivity contribution in [1.82, 2.24) is 10.3 Å². The van der Waals surface area contributed by atoms with Gasteiger partial charge < -0.3 is 5.32 Å². The molecule has 0 radical (unpaired) electrons. The number of hydrogen-bond donors (Lipinski definition) is 1. The summed E-state index contributed by atoms with van der Waals surface area (Å²) in [6.07, 6.45) is -2.24. The van der Waals surface area contributed by atoms with Crippen molar-refractivity contribution < 1.29 is 13.2 Å². The maximum atomic E-state index is 12.8. The van der Waals surface area contributed by atoms with Crippen LogP contribution in [0, 0.1) is 0 Å². The highest BCUT2D eigenvalue weighted by Crippen LogP contribution is 2.34. The van der Waals surface area contributed by atoms with Gasteiger partial charge in [-0.2, -0.15) is 13.2 Å². The first-order valence-corrected chi connectivity index (χ1v) is 7.76. The van der Waals surface area contributed by atoms with E-state index in [0.29, 0.717) is 17.2 Å². The molecule has 2 aromatic rings. The molecule has 1 saturated heterocycles. The third-order valence-corrected chi connectivity index (χ3v) is 4.70. The summed E-state index contributed by atoms with van der Waals surface area (Å²) < 4.78 is 38.3. The molecule has 22 heavy (non-hydrogen) atoms. The minimum atomic E-state index is -4.32. The number of nitrogens with zero attached hydrogens (tertiary/aromatic N) is 1. The van der Waals surface area contributed by atoms with Crippen molar-refractivity contribution in [2.24, 2.45) is 0 Å².